The number of hydrogen-bond acceptors (Lipinski definition) is 6. The van der Waals surface area contributed by atoms with Crippen LogP contribution >= 0.6 is 23.4 Å². The highest BCUT2D eigenvalue weighted by atomic mass is 35.5. The molecule has 5 nitrogen and oxygen atoms in total. The lowest BCUT2D eigenvalue weighted by atomic mass is 10.1. The first-order chi connectivity index (χ1) is 12.1. The molecule has 0 aliphatic heterocycles. The topological polar surface area (TPSA) is 65.5 Å². The fraction of sp³-hybridized carbons (Fsp3) is 0.111. The summed E-state index contributed by atoms with van der Waals surface area (Å²) in [6.07, 6.45) is 0. The standard InChI is InChI=1S/C18H12ClNO4S/c1-22-12-3-4-13-10(6-17(21)23-16(13)8-12)9-25-18-20-14-7-11(19)2-5-15(14)24-18/h2-8H,9H2,1H3. The zero-order valence-electron chi connectivity index (χ0n) is 13.1. The zero-order chi connectivity index (χ0) is 17.4. The lowest BCUT2D eigenvalue weighted by molar-refractivity contribution is 0.414. The van der Waals surface area contributed by atoms with Gasteiger partial charge in [0.2, 0.25) is 0 Å². The van der Waals surface area contributed by atoms with Crippen LogP contribution in [-0.4, -0.2) is 12.1 Å². The Morgan fingerprint density at radius 3 is 2.84 bits per heavy atom. The highest BCUT2D eigenvalue weighted by Crippen LogP contribution is 2.30. The van der Waals surface area contributed by atoms with Gasteiger partial charge >= 0.3 is 5.63 Å². The minimum Gasteiger partial charge on any atom is -0.497 e. The molecular weight excluding hydrogens is 362 g/mol. The number of nitrogens with zero attached hydrogens (tertiary/aromatic N) is 1. The minimum atomic E-state index is -0.402. The van der Waals surface area contributed by atoms with Gasteiger partial charge in [0.05, 0.1) is 7.11 Å². The molecule has 4 aromatic rings. The van der Waals surface area contributed by atoms with Crippen LogP contribution in [0.1, 0.15) is 5.56 Å². The Bertz CT molecular complexity index is 1140. The van der Waals surface area contributed by atoms with Gasteiger partial charge < -0.3 is 13.6 Å². The van der Waals surface area contributed by atoms with E-state index in [0.717, 1.165) is 10.9 Å². The summed E-state index contributed by atoms with van der Waals surface area (Å²) in [4.78, 5) is 16.2. The Morgan fingerprint density at radius 2 is 2.00 bits per heavy atom. The van der Waals surface area contributed by atoms with Crippen molar-refractivity contribution in [2.75, 3.05) is 7.11 Å². The highest BCUT2D eigenvalue weighted by molar-refractivity contribution is 7.98. The molecule has 7 heteroatoms. The molecule has 2 aromatic heterocycles. The number of halogens is 1. The molecule has 0 saturated carbocycles. The number of rotatable bonds is 4. The summed E-state index contributed by atoms with van der Waals surface area (Å²) in [7, 11) is 1.57. The van der Waals surface area contributed by atoms with Crippen LogP contribution in [-0.2, 0) is 5.75 Å². The Labute approximate surface area is 151 Å². The molecule has 0 bridgehead atoms. The van der Waals surface area contributed by atoms with E-state index in [-0.39, 0.29) is 0 Å². The summed E-state index contributed by atoms with van der Waals surface area (Å²) in [5.74, 6) is 1.16. The summed E-state index contributed by atoms with van der Waals surface area (Å²) in [5.41, 5.74) is 2.32. The number of methoxy groups -OCH3 is 1. The van der Waals surface area contributed by atoms with Gasteiger partial charge in [-0.3, -0.25) is 0 Å². The van der Waals surface area contributed by atoms with Gasteiger partial charge in [0, 0.05) is 28.3 Å². The highest BCUT2D eigenvalue weighted by Gasteiger charge is 2.11. The smallest absolute Gasteiger partial charge is 0.336 e. The monoisotopic (exact) mass is 373 g/mol. The van der Waals surface area contributed by atoms with Crippen molar-refractivity contribution in [1.82, 2.24) is 4.98 Å². The van der Waals surface area contributed by atoms with Crippen molar-refractivity contribution in [3.63, 3.8) is 0 Å². The van der Waals surface area contributed by atoms with Gasteiger partial charge in [-0.15, -0.1) is 0 Å². The number of thioether (sulfide) groups is 1. The van der Waals surface area contributed by atoms with Crippen LogP contribution in [0.2, 0.25) is 5.02 Å². The number of aromatic nitrogens is 1. The normalized spacial score (nSPS) is 11.3. The van der Waals surface area contributed by atoms with Crippen molar-refractivity contribution >= 4 is 45.4 Å². The lowest BCUT2D eigenvalue weighted by Crippen LogP contribution is -2.00. The Kier molecular flexibility index (Phi) is 4.15. The fourth-order valence-electron chi connectivity index (χ4n) is 2.54. The molecule has 0 N–H and O–H groups in total. The van der Waals surface area contributed by atoms with Crippen molar-refractivity contribution in [2.45, 2.75) is 11.0 Å². The number of oxazole rings is 1. The fourth-order valence-corrected chi connectivity index (χ4v) is 3.53. The molecule has 2 heterocycles. The zero-order valence-corrected chi connectivity index (χ0v) is 14.7. The van der Waals surface area contributed by atoms with Gasteiger partial charge in [-0.25, -0.2) is 9.78 Å². The first kappa shape index (κ1) is 16.1. The third-order valence-corrected chi connectivity index (χ3v) is 4.83. The molecule has 0 atom stereocenters. The van der Waals surface area contributed by atoms with Crippen LogP contribution in [0.5, 0.6) is 5.75 Å². The number of benzene rings is 2. The average Bonchev–Trinajstić information content (AvgIpc) is 3.00. The van der Waals surface area contributed by atoms with E-state index in [1.54, 1.807) is 31.4 Å². The van der Waals surface area contributed by atoms with E-state index in [9.17, 15) is 4.79 Å². The Hall–Kier alpha value is -2.44. The molecule has 25 heavy (non-hydrogen) atoms. The van der Waals surface area contributed by atoms with Crippen LogP contribution in [0, 0.1) is 0 Å². The van der Waals surface area contributed by atoms with Crippen molar-refractivity contribution in [1.29, 1.82) is 0 Å². The quantitative estimate of drug-likeness (QED) is 0.375. The van der Waals surface area contributed by atoms with E-state index in [0.29, 0.717) is 38.4 Å². The van der Waals surface area contributed by atoms with E-state index in [4.69, 9.17) is 25.2 Å². The number of hydrogen-bond donors (Lipinski definition) is 0. The van der Waals surface area contributed by atoms with Crippen molar-refractivity contribution < 1.29 is 13.6 Å². The van der Waals surface area contributed by atoms with Gasteiger partial charge in [-0.05, 0) is 35.9 Å². The van der Waals surface area contributed by atoms with Crippen molar-refractivity contribution in [3.8, 4) is 5.75 Å². The molecule has 0 amide bonds. The molecule has 2 aromatic carbocycles. The second-order valence-corrected chi connectivity index (χ2v) is 6.70. The SMILES string of the molecule is COc1ccc2c(CSc3nc4cc(Cl)ccc4o3)cc(=O)oc2c1. The van der Waals surface area contributed by atoms with Crippen LogP contribution < -0.4 is 10.4 Å². The van der Waals surface area contributed by atoms with Crippen LogP contribution in [0.3, 0.4) is 0 Å². The van der Waals surface area contributed by atoms with Gasteiger partial charge in [-0.1, -0.05) is 23.4 Å². The third kappa shape index (κ3) is 3.23. The molecule has 0 aliphatic carbocycles. The van der Waals surface area contributed by atoms with Crippen LogP contribution in [0.4, 0.5) is 0 Å². The second-order valence-electron chi connectivity index (χ2n) is 5.33. The molecule has 0 spiro atoms. The van der Waals surface area contributed by atoms with Crippen molar-refractivity contribution in [2.24, 2.45) is 0 Å². The first-order valence-electron chi connectivity index (χ1n) is 7.42. The summed E-state index contributed by atoms with van der Waals surface area (Å²) in [6.45, 7) is 0. The van der Waals surface area contributed by atoms with E-state index in [1.807, 2.05) is 12.1 Å². The third-order valence-electron chi connectivity index (χ3n) is 3.72. The summed E-state index contributed by atoms with van der Waals surface area (Å²) in [5, 5.41) is 1.98. The van der Waals surface area contributed by atoms with Gasteiger partial charge in [-0.2, -0.15) is 0 Å². The number of ether oxygens (including phenoxy) is 1. The Morgan fingerprint density at radius 1 is 1.12 bits per heavy atom. The van der Waals surface area contributed by atoms with Crippen LogP contribution in [0.15, 0.2) is 61.3 Å². The maximum atomic E-state index is 11.8. The maximum absolute atomic E-state index is 11.8. The van der Waals surface area contributed by atoms with Crippen LogP contribution in [0.25, 0.3) is 22.1 Å². The van der Waals surface area contributed by atoms with E-state index >= 15 is 0 Å². The average molecular weight is 374 g/mol. The molecule has 0 radical (unpaired) electrons. The molecule has 126 valence electrons. The molecule has 0 unspecified atom stereocenters. The lowest BCUT2D eigenvalue weighted by Gasteiger charge is -2.05. The predicted octanol–water partition coefficient (Wildman–Crippen LogP) is 4.89. The number of fused-ring (bicyclic) bond motifs is 2. The van der Waals surface area contributed by atoms with E-state index in [2.05, 4.69) is 4.98 Å². The van der Waals surface area contributed by atoms with Crippen molar-refractivity contribution in [3.05, 3.63) is 63.5 Å². The van der Waals surface area contributed by atoms with E-state index in [1.165, 1.54) is 17.8 Å². The second kappa shape index (κ2) is 6.46. The van der Waals surface area contributed by atoms with Gasteiger partial charge in [0.25, 0.3) is 5.22 Å². The molecule has 0 saturated heterocycles. The molecule has 0 aliphatic rings. The first-order valence-corrected chi connectivity index (χ1v) is 8.78. The molecular formula is C18H12ClNO4S. The largest absolute Gasteiger partial charge is 0.497 e. The molecule has 0 fully saturated rings. The summed E-state index contributed by atoms with van der Waals surface area (Å²) >= 11 is 7.37. The van der Waals surface area contributed by atoms with Gasteiger partial charge in [0.15, 0.2) is 5.58 Å². The van der Waals surface area contributed by atoms with Gasteiger partial charge in [0.1, 0.15) is 16.8 Å². The minimum absolute atomic E-state index is 0.402. The summed E-state index contributed by atoms with van der Waals surface area (Å²) < 4.78 is 16.1. The maximum Gasteiger partial charge on any atom is 0.336 e. The predicted molar refractivity (Wildman–Crippen MR) is 97.6 cm³/mol. The summed E-state index contributed by atoms with van der Waals surface area (Å²) in [6, 6.07) is 12.2. The van der Waals surface area contributed by atoms with E-state index < -0.39 is 5.63 Å². The Balaban J connectivity index is 1.66. The molecule has 4 rings (SSSR count).